The fourth-order valence-electron chi connectivity index (χ4n) is 4.39. The molecule has 2 aromatic carbocycles. The van der Waals surface area contributed by atoms with Crippen LogP contribution in [0.2, 0.25) is 0 Å². The molecule has 1 unspecified atom stereocenters. The van der Waals surface area contributed by atoms with Crippen molar-refractivity contribution in [3.8, 4) is 11.1 Å². The van der Waals surface area contributed by atoms with Crippen LogP contribution in [-0.2, 0) is 31.3 Å². The number of fused-ring (bicyclic) bond motifs is 3. The third-order valence-corrected chi connectivity index (χ3v) is 7.24. The van der Waals surface area contributed by atoms with Crippen molar-refractivity contribution in [3.63, 3.8) is 0 Å². The van der Waals surface area contributed by atoms with Crippen LogP contribution in [0.15, 0.2) is 64.5 Å². The number of aryl methyl sites for hydroxylation is 1. The molecular weight excluding hydrogens is 453 g/mol. The van der Waals surface area contributed by atoms with Gasteiger partial charge in [0.25, 0.3) is 5.56 Å². The van der Waals surface area contributed by atoms with Crippen molar-refractivity contribution in [2.24, 2.45) is 18.0 Å². The van der Waals surface area contributed by atoms with E-state index in [9.17, 15) is 17.9 Å². The van der Waals surface area contributed by atoms with E-state index in [2.05, 4.69) is 6.07 Å². The van der Waals surface area contributed by atoms with Gasteiger partial charge in [-0.3, -0.25) is 14.0 Å². The van der Waals surface area contributed by atoms with E-state index in [1.807, 2.05) is 18.3 Å². The lowest BCUT2D eigenvalue weighted by Gasteiger charge is -2.24. The van der Waals surface area contributed by atoms with Gasteiger partial charge in [0.15, 0.2) is 0 Å². The Labute approximate surface area is 200 Å². The van der Waals surface area contributed by atoms with E-state index in [-0.39, 0.29) is 11.4 Å². The molecule has 1 aliphatic heterocycles. The van der Waals surface area contributed by atoms with Crippen LogP contribution >= 0.6 is 0 Å². The Hall–Kier alpha value is -2.94. The van der Waals surface area contributed by atoms with Gasteiger partial charge in [0.05, 0.1) is 12.3 Å². The van der Waals surface area contributed by atoms with Crippen molar-refractivity contribution in [2.45, 2.75) is 25.8 Å². The van der Waals surface area contributed by atoms with Crippen LogP contribution in [0.1, 0.15) is 35.1 Å². The van der Waals surface area contributed by atoms with Crippen LogP contribution < -0.4 is 5.56 Å². The Morgan fingerprint density at radius 1 is 1.12 bits per heavy atom. The number of rotatable bonds is 7. The molecule has 8 heteroatoms. The van der Waals surface area contributed by atoms with Crippen LogP contribution in [0.3, 0.4) is 0 Å². The second-order valence-corrected chi connectivity index (χ2v) is 9.96. The first-order valence-corrected chi connectivity index (χ1v) is 12.4. The topological polar surface area (TPSA) is 77.7 Å². The summed E-state index contributed by atoms with van der Waals surface area (Å²) in [6.45, 7) is 1.34. The number of aliphatic imine (C=N–C) groups is 1. The summed E-state index contributed by atoms with van der Waals surface area (Å²) in [7, 11) is 1.72. The maximum absolute atomic E-state index is 13.6. The normalized spacial score (nSPS) is 15.9. The highest BCUT2D eigenvalue weighted by atomic mass is 32.2. The quantitative estimate of drug-likeness (QED) is 0.487. The lowest BCUT2D eigenvalue weighted by molar-refractivity contribution is 0.378. The van der Waals surface area contributed by atoms with Gasteiger partial charge in [-0.2, -0.15) is 0 Å². The number of nitrogens with zero attached hydrogens (tertiary/aromatic N) is 3. The number of benzene rings is 2. The van der Waals surface area contributed by atoms with Crippen molar-refractivity contribution in [2.75, 3.05) is 13.1 Å². The van der Waals surface area contributed by atoms with Crippen molar-refractivity contribution in [3.05, 3.63) is 93.2 Å². The van der Waals surface area contributed by atoms with E-state index in [0.717, 1.165) is 51.9 Å². The van der Waals surface area contributed by atoms with Crippen LogP contribution in [0.4, 0.5) is 4.39 Å². The molecule has 5 rings (SSSR count). The van der Waals surface area contributed by atoms with E-state index < -0.39 is 11.3 Å². The molecule has 34 heavy (non-hydrogen) atoms. The molecule has 0 amide bonds. The average Bonchev–Trinajstić information content (AvgIpc) is 3.65. The summed E-state index contributed by atoms with van der Waals surface area (Å²) < 4.78 is 39.9. The number of hydrogen-bond donors (Lipinski definition) is 0. The van der Waals surface area contributed by atoms with Gasteiger partial charge >= 0.3 is 0 Å². The van der Waals surface area contributed by atoms with Crippen LogP contribution in [0.25, 0.3) is 11.1 Å². The van der Waals surface area contributed by atoms with Crippen molar-refractivity contribution in [1.82, 2.24) is 8.87 Å². The molecule has 1 fully saturated rings. The Bertz CT molecular complexity index is 1350. The Morgan fingerprint density at radius 2 is 1.88 bits per heavy atom. The predicted octanol–water partition coefficient (Wildman–Crippen LogP) is 3.59. The molecule has 2 aliphatic rings. The Morgan fingerprint density at radius 3 is 2.59 bits per heavy atom. The molecule has 0 N–H and O–H groups in total. The minimum atomic E-state index is -2.24. The highest BCUT2D eigenvalue weighted by Gasteiger charge is 2.25. The van der Waals surface area contributed by atoms with Crippen molar-refractivity contribution < 1.29 is 13.2 Å². The minimum absolute atomic E-state index is 0.106. The molecule has 0 bridgehead atoms. The van der Waals surface area contributed by atoms with Gasteiger partial charge in [0.1, 0.15) is 5.82 Å². The molecular formula is C26H25FN3O3S-. The summed E-state index contributed by atoms with van der Waals surface area (Å²) in [4.78, 5) is 17.1. The summed E-state index contributed by atoms with van der Waals surface area (Å²) in [5, 5.41) is 0. The fourth-order valence-corrected chi connectivity index (χ4v) is 4.96. The number of hydrogen-bond acceptors (Lipinski definition) is 4. The molecule has 1 aliphatic carbocycles. The predicted molar refractivity (Wildman–Crippen MR) is 130 cm³/mol. The molecule has 1 aromatic heterocycles. The van der Waals surface area contributed by atoms with E-state index in [1.54, 1.807) is 29.8 Å². The monoisotopic (exact) mass is 478 g/mol. The zero-order chi connectivity index (χ0) is 23.8. The average molecular weight is 479 g/mol. The van der Waals surface area contributed by atoms with E-state index >= 15 is 0 Å². The lowest BCUT2D eigenvalue weighted by Crippen LogP contribution is -2.30. The number of halogens is 1. The molecule has 1 saturated carbocycles. The number of pyridine rings is 1. The van der Waals surface area contributed by atoms with Crippen LogP contribution in [0.5, 0.6) is 0 Å². The molecule has 3 aromatic rings. The van der Waals surface area contributed by atoms with Gasteiger partial charge < -0.3 is 9.12 Å². The first-order valence-electron chi connectivity index (χ1n) is 11.4. The highest BCUT2D eigenvalue weighted by Crippen LogP contribution is 2.33. The van der Waals surface area contributed by atoms with Gasteiger partial charge in [-0.05, 0) is 66.1 Å². The van der Waals surface area contributed by atoms with Gasteiger partial charge in [-0.15, -0.1) is 0 Å². The first-order chi connectivity index (χ1) is 16.4. The van der Waals surface area contributed by atoms with Crippen LogP contribution in [-0.4, -0.2) is 36.4 Å². The Balaban J connectivity index is 1.54. The maximum atomic E-state index is 13.6. The lowest BCUT2D eigenvalue weighted by atomic mass is 9.91. The Kier molecular flexibility index (Phi) is 6.29. The smallest absolute Gasteiger partial charge is 0.250 e. The van der Waals surface area contributed by atoms with E-state index in [0.29, 0.717) is 32.0 Å². The molecule has 176 valence electrons. The zero-order valence-corrected chi connectivity index (χ0v) is 19.7. The standard InChI is InChI=1S/C26H26FN3O3S/c1-29-16-24-20(13-25(29)31)14-28-26(19-5-7-21(27)8-6-19)22-9-4-17(12-23(22)24)10-11-30(34(32)33)15-18-2-3-18/h4-9,12-13,16,18H,2-3,10-11,14-15H2,1H3,(H,32,33)/p-1. The zero-order valence-electron chi connectivity index (χ0n) is 18.9. The summed E-state index contributed by atoms with van der Waals surface area (Å²) in [5.41, 5.74) is 6.01. The fraction of sp³-hybridized carbons (Fsp3) is 0.308. The van der Waals surface area contributed by atoms with Gasteiger partial charge in [-0.25, -0.2) is 8.70 Å². The molecule has 0 saturated heterocycles. The summed E-state index contributed by atoms with van der Waals surface area (Å²) in [6.07, 6.45) is 4.59. The van der Waals surface area contributed by atoms with E-state index in [4.69, 9.17) is 4.99 Å². The van der Waals surface area contributed by atoms with Crippen molar-refractivity contribution in [1.29, 1.82) is 0 Å². The van der Waals surface area contributed by atoms with Gasteiger partial charge in [-0.1, -0.05) is 18.2 Å². The van der Waals surface area contributed by atoms with Gasteiger partial charge in [0, 0.05) is 60.4 Å². The summed E-state index contributed by atoms with van der Waals surface area (Å²) in [5.74, 6) is 0.166. The molecule has 2 heterocycles. The highest BCUT2D eigenvalue weighted by molar-refractivity contribution is 7.76. The second-order valence-electron chi connectivity index (χ2n) is 9.01. The molecule has 6 nitrogen and oxygen atoms in total. The van der Waals surface area contributed by atoms with E-state index in [1.165, 1.54) is 16.4 Å². The SMILES string of the molecule is Cn1cc2c(cc1=O)CN=C(c1ccc(F)cc1)c1ccc(CCN(CC3CC3)S(=O)[O-])cc1-2. The summed E-state index contributed by atoms with van der Waals surface area (Å²) >= 11 is -2.24. The number of aromatic nitrogens is 1. The molecule has 0 radical (unpaired) electrons. The van der Waals surface area contributed by atoms with Gasteiger partial charge in [0.2, 0.25) is 0 Å². The third kappa shape index (κ3) is 4.80. The third-order valence-electron chi connectivity index (χ3n) is 6.49. The molecule has 1 atom stereocenters. The second kappa shape index (κ2) is 9.37. The first kappa shape index (κ1) is 22.8. The maximum Gasteiger partial charge on any atom is 0.250 e. The van der Waals surface area contributed by atoms with Crippen molar-refractivity contribution >= 4 is 17.0 Å². The van der Waals surface area contributed by atoms with Crippen LogP contribution in [0, 0.1) is 11.7 Å². The molecule has 0 spiro atoms. The summed E-state index contributed by atoms with van der Waals surface area (Å²) in [6, 6.07) is 13.9. The largest absolute Gasteiger partial charge is 0.760 e. The minimum Gasteiger partial charge on any atom is -0.760 e.